The van der Waals surface area contributed by atoms with Crippen molar-refractivity contribution in [3.05, 3.63) is 89.1 Å². The molecule has 0 amide bonds. The summed E-state index contributed by atoms with van der Waals surface area (Å²) in [5, 5.41) is 18.6. The van der Waals surface area contributed by atoms with Gasteiger partial charge in [0, 0.05) is 25.7 Å². The average Bonchev–Trinajstić information content (AvgIpc) is 2.83. The smallest absolute Gasteiger partial charge is 0.233 e. The molecule has 3 aromatic rings. The van der Waals surface area contributed by atoms with Crippen LogP contribution in [0.2, 0.25) is 0 Å². The van der Waals surface area contributed by atoms with Crippen LogP contribution in [0, 0.1) is 0 Å². The summed E-state index contributed by atoms with van der Waals surface area (Å²) < 4.78 is 5.71. The maximum absolute atomic E-state index is 10.1. The molecule has 1 saturated heterocycles. The van der Waals surface area contributed by atoms with E-state index in [2.05, 4.69) is 39.4 Å². The quantitative estimate of drug-likeness (QED) is 0.549. The number of ether oxygens (including phenoxy) is 1. The highest BCUT2D eigenvalue weighted by molar-refractivity contribution is 5.24. The molecule has 0 aliphatic carbocycles. The number of nitrogens with zero attached hydrogens (tertiary/aromatic N) is 3. The highest BCUT2D eigenvalue weighted by Gasteiger charge is 2.26. The summed E-state index contributed by atoms with van der Waals surface area (Å²) in [7, 11) is 0. The lowest BCUT2D eigenvalue weighted by atomic mass is 9.93. The highest BCUT2D eigenvalue weighted by Crippen LogP contribution is 2.21. The zero-order chi connectivity index (χ0) is 22.2. The van der Waals surface area contributed by atoms with Crippen LogP contribution in [-0.4, -0.2) is 45.4 Å². The molecule has 168 valence electrons. The normalized spacial score (nSPS) is 16.1. The minimum Gasteiger partial charge on any atom is -0.472 e. The van der Waals surface area contributed by atoms with E-state index in [1.54, 1.807) is 0 Å². The van der Waals surface area contributed by atoms with Crippen LogP contribution >= 0.6 is 0 Å². The fourth-order valence-corrected chi connectivity index (χ4v) is 3.98. The monoisotopic (exact) mass is 431 g/mol. The van der Waals surface area contributed by atoms with Crippen molar-refractivity contribution in [2.24, 2.45) is 0 Å². The lowest BCUT2D eigenvalue weighted by Crippen LogP contribution is -2.43. The topological polar surface area (TPSA) is 58.5 Å². The molecule has 0 spiro atoms. The number of rotatable bonds is 9. The number of benzene rings is 2. The summed E-state index contributed by atoms with van der Waals surface area (Å²) >= 11 is 0. The summed E-state index contributed by atoms with van der Waals surface area (Å²) in [4.78, 5) is 2.46. The molecule has 0 saturated carbocycles. The summed E-state index contributed by atoms with van der Waals surface area (Å²) in [5.41, 5.74) is 4.30. The lowest BCUT2D eigenvalue weighted by molar-refractivity contribution is -0.00491. The fraction of sp³-hybridized carbons (Fsp3) is 0.407. The van der Waals surface area contributed by atoms with E-state index in [9.17, 15) is 5.11 Å². The Kier molecular flexibility index (Phi) is 7.51. The maximum atomic E-state index is 10.1. The molecule has 1 aliphatic heterocycles. The molecule has 1 fully saturated rings. The standard InChI is InChI=1S/C27H33N3O2/c1-27(31)16-19-30(20-17-27)18-15-23-9-7-22(8-10-23)11-12-25-13-14-26(29-28-25)32-21-24-5-3-2-4-6-24/h2-10,13-14,31H,11-12,15-21H2,1H3. The minimum atomic E-state index is -0.474. The molecule has 5 nitrogen and oxygen atoms in total. The second-order valence-electron chi connectivity index (χ2n) is 9.04. The van der Waals surface area contributed by atoms with Crippen molar-refractivity contribution in [3.63, 3.8) is 0 Å². The van der Waals surface area contributed by atoms with Gasteiger partial charge in [-0.1, -0.05) is 54.6 Å². The fourth-order valence-electron chi connectivity index (χ4n) is 3.98. The van der Waals surface area contributed by atoms with Crippen molar-refractivity contribution < 1.29 is 9.84 Å². The zero-order valence-electron chi connectivity index (χ0n) is 18.9. The second kappa shape index (κ2) is 10.7. The van der Waals surface area contributed by atoms with Crippen LogP contribution in [0.25, 0.3) is 0 Å². The van der Waals surface area contributed by atoms with Crippen LogP contribution in [-0.2, 0) is 25.9 Å². The molecule has 2 heterocycles. The van der Waals surface area contributed by atoms with Crippen LogP contribution in [0.3, 0.4) is 0 Å². The van der Waals surface area contributed by atoms with Crippen molar-refractivity contribution in [2.45, 2.75) is 51.2 Å². The van der Waals surface area contributed by atoms with Crippen LogP contribution in [0.5, 0.6) is 5.88 Å². The first kappa shape index (κ1) is 22.4. The zero-order valence-corrected chi connectivity index (χ0v) is 18.9. The molecule has 5 heteroatoms. The van der Waals surface area contributed by atoms with Crippen LogP contribution in [0.1, 0.15) is 42.1 Å². The molecular weight excluding hydrogens is 398 g/mol. The Hall–Kier alpha value is -2.76. The maximum Gasteiger partial charge on any atom is 0.233 e. The summed E-state index contributed by atoms with van der Waals surface area (Å²) in [6.45, 7) is 5.48. The van der Waals surface area contributed by atoms with E-state index in [1.807, 2.05) is 49.4 Å². The Morgan fingerprint density at radius 1 is 0.812 bits per heavy atom. The van der Waals surface area contributed by atoms with Gasteiger partial charge < -0.3 is 14.7 Å². The van der Waals surface area contributed by atoms with Gasteiger partial charge in [-0.25, -0.2) is 0 Å². The van der Waals surface area contributed by atoms with E-state index < -0.39 is 5.60 Å². The first-order valence-corrected chi connectivity index (χ1v) is 11.6. The number of likely N-dealkylation sites (tertiary alicyclic amines) is 1. The predicted octanol–water partition coefficient (Wildman–Crippen LogP) is 4.23. The van der Waals surface area contributed by atoms with Gasteiger partial charge in [0.1, 0.15) is 6.61 Å². The molecule has 1 aromatic heterocycles. The summed E-state index contributed by atoms with van der Waals surface area (Å²) in [6.07, 6.45) is 4.60. The first-order chi connectivity index (χ1) is 15.6. The van der Waals surface area contributed by atoms with Gasteiger partial charge in [-0.2, -0.15) is 5.10 Å². The van der Waals surface area contributed by atoms with Crippen LogP contribution < -0.4 is 4.74 Å². The van der Waals surface area contributed by atoms with E-state index in [0.717, 1.165) is 63.0 Å². The van der Waals surface area contributed by atoms with E-state index in [0.29, 0.717) is 12.5 Å². The third-order valence-electron chi connectivity index (χ3n) is 6.27. The first-order valence-electron chi connectivity index (χ1n) is 11.6. The van der Waals surface area contributed by atoms with E-state index in [-0.39, 0.29) is 0 Å². The van der Waals surface area contributed by atoms with E-state index >= 15 is 0 Å². The molecule has 1 N–H and O–H groups in total. The SMILES string of the molecule is CC1(O)CCN(CCc2ccc(CCc3ccc(OCc4ccccc4)nn3)cc2)CC1. The number of piperidine rings is 1. The van der Waals surface area contributed by atoms with Gasteiger partial charge in [0.15, 0.2) is 0 Å². The Bertz CT molecular complexity index is 946. The Balaban J connectivity index is 1.18. The Morgan fingerprint density at radius 2 is 1.50 bits per heavy atom. The Labute approximate surface area is 191 Å². The second-order valence-corrected chi connectivity index (χ2v) is 9.04. The highest BCUT2D eigenvalue weighted by atomic mass is 16.5. The minimum absolute atomic E-state index is 0.474. The van der Waals surface area contributed by atoms with E-state index in [4.69, 9.17) is 4.74 Å². The molecule has 1 aliphatic rings. The van der Waals surface area contributed by atoms with Crippen molar-refractivity contribution in [3.8, 4) is 5.88 Å². The van der Waals surface area contributed by atoms with Crippen molar-refractivity contribution in [1.82, 2.24) is 15.1 Å². The molecule has 0 atom stereocenters. The molecule has 0 radical (unpaired) electrons. The third kappa shape index (κ3) is 6.87. The van der Waals surface area contributed by atoms with Gasteiger partial charge in [0.2, 0.25) is 5.88 Å². The van der Waals surface area contributed by atoms with Gasteiger partial charge in [0.05, 0.1) is 11.3 Å². The van der Waals surface area contributed by atoms with Crippen molar-refractivity contribution >= 4 is 0 Å². The number of hydrogen-bond donors (Lipinski definition) is 1. The molecule has 0 bridgehead atoms. The Morgan fingerprint density at radius 3 is 2.16 bits per heavy atom. The predicted molar refractivity (Wildman–Crippen MR) is 127 cm³/mol. The van der Waals surface area contributed by atoms with Gasteiger partial charge >= 0.3 is 0 Å². The van der Waals surface area contributed by atoms with Crippen LogP contribution in [0.15, 0.2) is 66.7 Å². The van der Waals surface area contributed by atoms with Gasteiger partial charge in [-0.3, -0.25) is 0 Å². The molecular formula is C27H33N3O2. The average molecular weight is 432 g/mol. The lowest BCUT2D eigenvalue weighted by Gasteiger charge is -2.35. The number of aliphatic hydroxyl groups is 1. The molecule has 32 heavy (non-hydrogen) atoms. The third-order valence-corrected chi connectivity index (χ3v) is 6.27. The van der Waals surface area contributed by atoms with Crippen molar-refractivity contribution in [1.29, 1.82) is 0 Å². The van der Waals surface area contributed by atoms with Gasteiger partial charge in [-0.05, 0) is 61.8 Å². The van der Waals surface area contributed by atoms with Gasteiger partial charge in [0.25, 0.3) is 0 Å². The van der Waals surface area contributed by atoms with Crippen molar-refractivity contribution in [2.75, 3.05) is 19.6 Å². The number of aryl methyl sites for hydroxylation is 2. The number of aromatic nitrogens is 2. The summed E-state index contributed by atoms with van der Waals surface area (Å²) in [6, 6.07) is 22.9. The van der Waals surface area contributed by atoms with Crippen LogP contribution in [0.4, 0.5) is 0 Å². The molecule has 4 rings (SSSR count). The molecule has 0 unspecified atom stereocenters. The van der Waals surface area contributed by atoms with E-state index in [1.165, 1.54) is 11.1 Å². The number of hydrogen-bond acceptors (Lipinski definition) is 5. The largest absolute Gasteiger partial charge is 0.472 e. The summed E-state index contributed by atoms with van der Waals surface area (Å²) in [5.74, 6) is 0.555. The molecule has 2 aromatic carbocycles. The van der Waals surface area contributed by atoms with Gasteiger partial charge in [-0.15, -0.1) is 5.10 Å².